The summed E-state index contributed by atoms with van der Waals surface area (Å²) in [6.07, 6.45) is 1.99. The normalized spacial score (nSPS) is 11.2. The summed E-state index contributed by atoms with van der Waals surface area (Å²) in [4.78, 5) is 12.2. The number of carbonyl (C=O) groups is 1. The molecule has 0 N–H and O–H groups in total. The number of carbonyl (C=O) groups excluding carboxylic acids is 1. The average Bonchev–Trinajstić information content (AvgIpc) is 2.71. The van der Waals surface area contributed by atoms with Crippen LogP contribution in [0.2, 0.25) is 0 Å². The van der Waals surface area contributed by atoms with Crippen LogP contribution in [0.1, 0.15) is 30.9 Å². The van der Waals surface area contributed by atoms with Gasteiger partial charge in [-0.15, -0.1) is 0 Å². The maximum absolute atomic E-state index is 12.2. The number of ether oxygens (including phenoxy) is 3. The van der Waals surface area contributed by atoms with Crippen molar-refractivity contribution >= 4 is 11.5 Å². The molecule has 0 aliphatic heterocycles. The summed E-state index contributed by atoms with van der Waals surface area (Å²) in [6.45, 7) is 2.71. The molecule has 0 atom stereocenters. The Hall–Kier alpha value is -3.26. The Morgan fingerprint density at radius 3 is 2.22 bits per heavy atom. The molecule has 0 radical (unpaired) electrons. The van der Waals surface area contributed by atoms with Crippen molar-refractivity contribution in [3.63, 3.8) is 0 Å². The molecule has 0 aliphatic carbocycles. The molecule has 5 heteroatoms. The zero-order chi connectivity index (χ0) is 19.6. The van der Waals surface area contributed by atoms with E-state index < -0.39 is 5.97 Å². The van der Waals surface area contributed by atoms with Crippen LogP contribution in [-0.2, 0) is 9.53 Å². The van der Waals surface area contributed by atoms with Crippen LogP contribution in [0, 0.1) is 11.3 Å². The molecule has 2 aromatic rings. The molecule has 0 heterocycles. The first-order valence-corrected chi connectivity index (χ1v) is 8.75. The molecule has 2 rings (SSSR count). The van der Waals surface area contributed by atoms with Crippen molar-refractivity contribution < 1.29 is 19.0 Å². The molecule has 0 spiro atoms. The zero-order valence-electron chi connectivity index (χ0n) is 15.8. The van der Waals surface area contributed by atoms with Crippen LogP contribution >= 0.6 is 0 Å². The minimum absolute atomic E-state index is 0.0727. The van der Waals surface area contributed by atoms with Crippen LogP contribution in [0.15, 0.2) is 54.1 Å². The highest BCUT2D eigenvalue weighted by atomic mass is 16.5. The molecule has 0 aromatic heterocycles. The fraction of sp³-hybridized carbons (Fsp3) is 0.273. The van der Waals surface area contributed by atoms with Gasteiger partial charge in [0.2, 0.25) is 0 Å². The van der Waals surface area contributed by atoms with Gasteiger partial charge in [0.1, 0.15) is 23.1 Å². The second-order valence-electron chi connectivity index (χ2n) is 5.82. The molecule has 0 fully saturated rings. The fourth-order valence-corrected chi connectivity index (χ4v) is 2.62. The lowest BCUT2D eigenvalue weighted by Crippen LogP contribution is -2.07. The SMILES string of the molecule is CCCCOc1cccc(/C(=C(/C#N)C(=O)OC)c2cccc(OC)c2)c1. The van der Waals surface area contributed by atoms with Gasteiger partial charge in [-0.3, -0.25) is 0 Å². The minimum Gasteiger partial charge on any atom is -0.497 e. The number of rotatable bonds is 8. The Kier molecular flexibility index (Phi) is 7.45. The molecule has 0 bridgehead atoms. The number of hydrogen-bond acceptors (Lipinski definition) is 5. The molecule has 5 nitrogen and oxygen atoms in total. The minimum atomic E-state index is -0.687. The van der Waals surface area contributed by atoms with Crippen molar-refractivity contribution in [3.05, 3.63) is 65.2 Å². The van der Waals surface area contributed by atoms with Gasteiger partial charge < -0.3 is 14.2 Å². The van der Waals surface area contributed by atoms with Gasteiger partial charge in [0, 0.05) is 5.57 Å². The summed E-state index contributed by atoms with van der Waals surface area (Å²) >= 11 is 0. The molecule has 2 aromatic carbocycles. The van der Waals surface area contributed by atoms with Gasteiger partial charge >= 0.3 is 5.97 Å². The molecule has 140 valence electrons. The molecule has 0 saturated heterocycles. The highest BCUT2D eigenvalue weighted by molar-refractivity contribution is 6.05. The van der Waals surface area contributed by atoms with E-state index in [1.165, 1.54) is 7.11 Å². The summed E-state index contributed by atoms with van der Waals surface area (Å²) in [5, 5.41) is 9.62. The molecular weight excluding hydrogens is 342 g/mol. The molecule has 0 amide bonds. The predicted octanol–water partition coefficient (Wildman–Crippen LogP) is 4.37. The van der Waals surface area contributed by atoms with Crippen LogP contribution in [0.5, 0.6) is 11.5 Å². The Morgan fingerprint density at radius 1 is 1.04 bits per heavy atom. The maximum Gasteiger partial charge on any atom is 0.349 e. The maximum atomic E-state index is 12.2. The first kappa shape index (κ1) is 20.1. The van der Waals surface area contributed by atoms with Crippen molar-refractivity contribution in [2.24, 2.45) is 0 Å². The van der Waals surface area contributed by atoms with Crippen LogP contribution in [-0.4, -0.2) is 26.8 Å². The van der Waals surface area contributed by atoms with E-state index in [9.17, 15) is 10.1 Å². The van der Waals surface area contributed by atoms with E-state index in [2.05, 4.69) is 6.92 Å². The molecular formula is C22H23NO4. The first-order valence-electron chi connectivity index (χ1n) is 8.75. The van der Waals surface area contributed by atoms with Crippen LogP contribution in [0.4, 0.5) is 0 Å². The molecule has 0 unspecified atom stereocenters. The number of hydrogen-bond donors (Lipinski definition) is 0. The average molecular weight is 365 g/mol. The summed E-state index contributed by atoms with van der Waals surface area (Å²) in [7, 11) is 2.82. The Morgan fingerprint density at radius 2 is 1.67 bits per heavy atom. The smallest absolute Gasteiger partial charge is 0.349 e. The third-order valence-electron chi connectivity index (χ3n) is 4.00. The van der Waals surface area contributed by atoms with Crippen molar-refractivity contribution in [2.45, 2.75) is 19.8 Å². The van der Waals surface area contributed by atoms with Crippen molar-refractivity contribution in [3.8, 4) is 17.6 Å². The number of unbranched alkanes of at least 4 members (excludes halogenated alkanes) is 1. The second kappa shape index (κ2) is 10.0. The monoisotopic (exact) mass is 365 g/mol. The highest BCUT2D eigenvalue weighted by Gasteiger charge is 2.20. The third-order valence-corrected chi connectivity index (χ3v) is 4.00. The van der Waals surface area contributed by atoms with E-state index in [-0.39, 0.29) is 5.57 Å². The van der Waals surface area contributed by atoms with Gasteiger partial charge in [-0.1, -0.05) is 37.6 Å². The fourth-order valence-electron chi connectivity index (χ4n) is 2.62. The Labute approximate surface area is 159 Å². The number of benzene rings is 2. The lowest BCUT2D eigenvalue weighted by molar-refractivity contribution is -0.135. The second-order valence-corrected chi connectivity index (χ2v) is 5.82. The quantitative estimate of drug-likeness (QED) is 0.301. The summed E-state index contributed by atoms with van der Waals surface area (Å²) < 4.78 is 15.9. The van der Waals surface area contributed by atoms with Gasteiger partial charge in [-0.25, -0.2) is 4.79 Å². The molecule has 0 aliphatic rings. The van der Waals surface area contributed by atoms with Crippen LogP contribution in [0.3, 0.4) is 0 Å². The Bertz CT molecular complexity index is 865. The van der Waals surface area contributed by atoms with E-state index in [0.29, 0.717) is 34.8 Å². The van der Waals surface area contributed by atoms with E-state index >= 15 is 0 Å². The van der Waals surface area contributed by atoms with E-state index in [0.717, 1.165) is 12.8 Å². The standard InChI is InChI=1S/C22H23NO4/c1-4-5-12-27-19-11-7-9-17(14-19)21(20(15-23)22(24)26-3)16-8-6-10-18(13-16)25-2/h6-11,13-14H,4-5,12H2,1-3H3/b21-20-. The van der Waals surface area contributed by atoms with Crippen LogP contribution in [0.25, 0.3) is 5.57 Å². The van der Waals surface area contributed by atoms with Crippen molar-refractivity contribution in [1.29, 1.82) is 5.26 Å². The van der Waals surface area contributed by atoms with Crippen LogP contribution < -0.4 is 9.47 Å². The summed E-state index contributed by atoms with van der Waals surface area (Å²) in [5.74, 6) is 0.624. The van der Waals surface area contributed by atoms with E-state index in [1.54, 1.807) is 19.2 Å². The van der Waals surface area contributed by atoms with Gasteiger partial charge in [0.05, 0.1) is 20.8 Å². The molecule has 27 heavy (non-hydrogen) atoms. The number of nitrogens with zero attached hydrogens (tertiary/aromatic N) is 1. The van der Waals surface area contributed by atoms with Crippen molar-refractivity contribution in [1.82, 2.24) is 0 Å². The topological polar surface area (TPSA) is 68.5 Å². The Balaban J connectivity index is 2.60. The van der Waals surface area contributed by atoms with Gasteiger partial charge in [-0.2, -0.15) is 5.26 Å². The number of nitriles is 1. The van der Waals surface area contributed by atoms with Gasteiger partial charge in [0.15, 0.2) is 0 Å². The zero-order valence-corrected chi connectivity index (χ0v) is 15.8. The van der Waals surface area contributed by atoms with E-state index in [1.807, 2.05) is 42.5 Å². The largest absolute Gasteiger partial charge is 0.497 e. The summed E-state index contributed by atoms with van der Waals surface area (Å²) in [6, 6.07) is 16.5. The molecule has 0 saturated carbocycles. The van der Waals surface area contributed by atoms with Gasteiger partial charge in [-0.05, 0) is 41.8 Å². The van der Waals surface area contributed by atoms with Gasteiger partial charge in [0.25, 0.3) is 0 Å². The van der Waals surface area contributed by atoms with Crippen molar-refractivity contribution in [2.75, 3.05) is 20.8 Å². The van der Waals surface area contributed by atoms with E-state index in [4.69, 9.17) is 14.2 Å². The third kappa shape index (κ3) is 5.11. The lowest BCUT2D eigenvalue weighted by atomic mass is 9.93. The number of methoxy groups -OCH3 is 2. The first-order chi connectivity index (χ1) is 13.1. The highest BCUT2D eigenvalue weighted by Crippen LogP contribution is 2.31. The number of esters is 1. The predicted molar refractivity (Wildman–Crippen MR) is 103 cm³/mol. The summed E-state index contributed by atoms with van der Waals surface area (Å²) in [5.41, 5.74) is 1.78. The lowest BCUT2D eigenvalue weighted by Gasteiger charge is -2.13.